The molecule has 1 amide bonds. The Hall–Kier alpha value is -2.68. The van der Waals surface area contributed by atoms with Crippen molar-refractivity contribution in [3.05, 3.63) is 43.3 Å². The molecule has 0 radical (unpaired) electrons. The van der Waals surface area contributed by atoms with E-state index in [-0.39, 0.29) is 28.9 Å². The van der Waals surface area contributed by atoms with Gasteiger partial charge in [0.05, 0.1) is 23.9 Å². The van der Waals surface area contributed by atoms with E-state index >= 15 is 0 Å². The van der Waals surface area contributed by atoms with Crippen LogP contribution in [0.15, 0.2) is 10.9 Å². The first-order valence-corrected chi connectivity index (χ1v) is 10.3. The number of aromatic nitrogens is 2. The number of methoxy groups -OCH3 is 1. The maximum absolute atomic E-state index is 13.0. The first-order chi connectivity index (χ1) is 13.7. The van der Waals surface area contributed by atoms with Crippen molar-refractivity contribution in [2.75, 3.05) is 20.2 Å². The molecule has 0 fully saturated rings. The van der Waals surface area contributed by atoms with Crippen molar-refractivity contribution in [3.8, 4) is 5.75 Å². The number of esters is 1. The lowest BCUT2D eigenvalue weighted by Gasteiger charge is -2.19. The molecule has 8 nitrogen and oxygen atoms in total. The molecule has 29 heavy (non-hydrogen) atoms. The molecular weight excluding hydrogens is 394 g/mol. The third-order valence-corrected chi connectivity index (χ3v) is 5.79. The van der Waals surface area contributed by atoms with E-state index in [9.17, 15) is 14.4 Å². The summed E-state index contributed by atoms with van der Waals surface area (Å²) in [5, 5.41) is 0.837. The lowest BCUT2D eigenvalue weighted by molar-refractivity contribution is 0.0591. The second-order valence-electron chi connectivity index (χ2n) is 7.17. The lowest BCUT2D eigenvalue weighted by Crippen LogP contribution is -2.34. The van der Waals surface area contributed by atoms with Crippen LogP contribution in [0.1, 0.15) is 50.3 Å². The van der Waals surface area contributed by atoms with E-state index in [1.807, 2.05) is 27.7 Å². The third kappa shape index (κ3) is 4.19. The molecule has 0 aliphatic carbocycles. The number of hydrogen-bond acceptors (Lipinski definition) is 7. The fourth-order valence-electron chi connectivity index (χ4n) is 3.49. The number of ether oxygens (including phenoxy) is 2. The van der Waals surface area contributed by atoms with Gasteiger partial charge in [-0.25, -0.2) is 9.78 Å². The maximum Gasteiger partial charge on any atom is 0.343 e. The minimum absolute atomic E-state index is 0.104. The quantitative estimate of drug-likeness (QED) is 0.706. The normalized spacial score (nSPS) is 13.8. The lowest BCUT2D eigenvalue weighted by atomic mass is 10.1. The van der Waals surface area contributed by atoms with Crippen molar-refractivity contribution in [1.82, 2.24) is 14.5 Å². The smallest absolute Gasteiger partial charge is 0.343 e. The zero-order valence-electron chi connectivity index (χ0n) is 17.3. The van der Waals surface area contributed by atoms with E-state index in [4.69, 9.17) is 9.47 Å². The molecule has 2 aromatic rings. The van der Waals surface area contributed by atoms with Crippen LogP contribution >= 0.6 is 11.3 Å². The molecule has 0 atom stereocenters. The largest absolute Gasteiger partial charge is 0.490 e. The van der Waals surface area contributed by atoms with Gasteiger partial charge >= 0.3 is 5.97 Å². The Labute approximate surface area is 173 Å². The van der Waals surface area contributed by atoms with E-state index in [2.05, 4.69) is 4.98 Å². The van der Waals surface area contributed by atoms with Crippen LogP contribution in [-0.2, 0) is 17.7 Å². The van der Waals surface area contributed by atoms with Crippen LogP contribution in [0.25, 0.3) is 0 Å². The minimum Gasteiger partial charge on any atom is -0.490 e. The molecule has 0 bridgehead atoms. The number of rotatable bonds is 4. The van der Waals surface area contributed by atoms with Gasteiger partial charge in [0.15, 0.2) is 0 Å². The molecule has 0 aromatic carbocycles. The Morgan fingerprint density at radius 2 is 1.93 bits per heavy atom. The number of carbonyl (C=O) groups excluding carboxylic acids is 2. The fraction of sp³-hybridized carbons (Fsp3) is 0.500. The highest BCUT2D eigenvalue weighted by Crippen LogP contribution is 2.26. The van der Waals surface area contributed by atoms with Crippen molar-refractivity contribution in [3.63, 3.8) is 0 Å². The Morgan fingerprint density at radius 1 is 1.21 bits per heavy atom. The van der Waals surface area contributed by atoms with Gasteiger partial charge in [-0.1, -0.05) is 0 Å². The Morgan fingerprint density at radius 3 is 2.52 bits per heavy atom. The minimum atomic E-state index is -0.557. The highest BCUT2D eigenvalue weighted by molar-refractivity contribution is 7.13. The number of nitrogens with zero attached hydrogens (tertiary/aromatic N) is 3. The van der Waals surface area contributed by atoms with Crippen LogP contribution in [0.3, 0.4) is 0 Å². The first kappa shape index (κ1) is 21.0. The van der Waals surface area contributed by atoms with E-state index < -0.39 is 5.97 Å². The van der Waals surface area contributed by atoms with Gasteiger partial charge in [0.1, 0.15) is 16.2 Å². The number of aryl methyl sites for hydroxylation is 2. The molecule has 0 unspecified atom stereocenters. The van der Waals surface area contributed by atoms with Crippen LogP contribution in [0.2, 0.25) is 0 Å². The summed E-state index contributed by atoms with van der Waals surface area (Å²) in [6.07, 6.45) is 0.139. The van der Waals surface area contributed by atoms with E-state index in [0.29, 0.717) is 42.3 Å². The molecule has 2 aromatic heterocycles. The Balaban J connectivity index is 1.98. The molecule has 1 aliphatic rings. The molecule has 0 spiro atoms. The van der Waals surface area contributed by atoms with Gasteiger partial charge in [-0.2, -0.15) is 0 Å². The predicted molar refractivity (Wildman–Crippen MR) is 109 cm³/mol. The summed E-state index contributed by atoms with van der Waals surface area (Å²) < 4.78 is 12.2. The van der Waals surface area contributed by atoms with Crippen molar-refractivity contribution >= 4 is 23.2 Å². The molecule has 1 aliphatic heterocycles. The highest BCUT2D eigenvalue weighted by atomic mass is 32.1. The van der Waals surface area contributed by atoms with Crippen LogP contribution in [0, 0.1) is 13.8 Å². The molecule has 9 heteroatoms. The van der Waals surface area contributed by atoms with E-state index in [1.54, 1.807) is 4.90 Å². The molecule has 0 N–H and O–H groups in total. The predicted octanol–water partition coefficient (Wildman–Crippen LogP) is 2.19. The molecular formula is C20H25N3O5S. The number of amides is 1. The number of thiazole rings is 1. The average Bonchev–Trinajstić information content (AvgIpc) is 2.86. The summed E-state index contributed by atoms with van der Waals surface area (Å²) in [6, 6.07) is 1.32. The molecule has 0 saturated heterocycles. The fourth-order valence-corrected chi connectivity index (χ4v) is 4.38. The summed E-state index contributed by atoms with van der Waals surface area (Å²) in [4.78, 5) is 44.8. The topological polar surface area (TPSA) is 90.7 Å². The molecule has 156 valence electrons. The van der Waals surface area contributed by atoms with Gasteiger partial charge < -0.3 is 18.9 Å². The second kappa shape index (κ2) is 8.36. The third-order valence-electron chi connectivity index (χ3n) is 4.73. The van der Waals surface area contributed by atoms with Crippen LogP contribution in [0.5, 0.6) is 5.75 Å². The molecule has 3 heterocycles. The SMILES string of the molecule is COC(=O)c1c(OC(C)C)cc(=O)n2c1CCN(C(=O)c1sc(C)nc1C)CC2. The number of pyridine rings is 1. The monoisotopic (exact) mass is 419 g/mol. The standard InChI is InChI=1S/C20H25N3O5S/c1-11(2)28-15-10-16(24)23-9-8-22(7-6-14(23)17(15)20(26)27-5)19(25)18-12(3)21-13(4)29-18/h10-11H,6-9H2,1-5H3. The van der Waals surface area contributed by atoms with Crippen molar-refractivity contribution < 1.29 is 19.1 Å². The summed E-state index contributed by atoms with van der Waals surface area (Å²) >= 11 is 1.37. The number of carbonyl (C=O) groups is 2. The number of hydrogen-bond donors (Lipinski definition) is 0. The maximum atomic E-state index is 13.0. The van der Waals surface area contributed by atoms with Crippen LogP contribution < -0.4 is 10.3 Å². The van der Waals surface area contributed by atoms with Gasteiger partial charge in [-0.15, -0.1) is 11.3 Å². The summed E-state index contributed by atoms with van der Waals surface area (Å²) in [5.41, 5.74) is 1.23. The Bertz CT molecular complexity index is 1010. The molecule has 3 rings (SSSR count). The van der Waals surface area contributed by atoms with Crippen LogP contribution in [-0.4, -0.2) is 52.6 Å². The summed E-state index contributed by atoms with van der Waals surface area (Å²) in [6.45, 7) is 8.37. The Kier molecular flexibility index (Phi) is 6.07. The van der Waals surface area contributed by atoms with Gasteiger partial charge in [-0.3, -0.25) is 9.59 Å². The van der Waals surface area contributed by atoms with Gasteiger partial charge in [0.2, 0.25) is 0 Å². The van der Waals surface area contributed by atoms with E-state index in [0.717, 1.165) is 5.01 Å². The zero-order chi connectivity index (χ0) is 21.3. The summed E-state index contributed by atoms with van der Waals surface area (Å²) in [7, 11) is 1.30. The van der Waals surface area contributed by atoms with Crippen LogP contribution in [0.4, 0.5) is 0 Å². The highest BCUT2D eigenvalue weighted by Gasteiger charge is 2.29. The van der Waals surface area contributed by atoms with Gasteiger partial charge in [0, 0.05) is 37.8 Å². The summed E-state index contributed by atoms with van der Waals surface area (Å²) in [5.74, 6) is -0.442. The number of fused-ring (bicyclic) bond motifs is 1. The van der Waals surface area contributed by atoms with Crippen molar-refractivity contribution in [1.29, 1.82) is 0 Å². The molecule has 0 saturated carbocycles. The van der Waals surface area contributed by atoms with Gasteiger partial charge in [0.25, 0.3) is 11.5 Å². The van der Waals surface area contributed by atoms with Crippen molar-refractivity contribution in [2.45, 2.75) is 46.8 Å². The average molecular weight is 420 g/mol. The zero-order valence-corrected chi connectivity index (χ0v) is 18.1. The van der Waals surface area contributed by atoms with E-state index in [1.165, 1.54) is 29.1 Å². The van der Waals surface area contributed by atoms with Crippen molar-refractivity contribution in [2.24, 2.45) is 0 Å². The second-order valence-corrected chi connectivity index (χ2v) is 8.37. The van der Waals surface area contributed by atoms with Gasteiger partial charge in [-0.05, 0) is 27.7 Å². The first-order valence-electron chi connectivity index (χ1n) is 9.48.